The molecule has 0 saturated carbocycles. The van der Waals surface area contributed by atoms with Crippen molar-refractivity contribution in [3.05, 3.63) is 42.2 Å². The van der Waals surface area contributed by atoms with Gasteiger partial charge in [0.05, 0.1) is 24.0 Å². The molecule has 6 heteroatoms. The van der Waals surface area contributed by atoms with E-state index in [-0.39, 0.29) is 18.0 Å². The van der Waals surface area contributed by atoms with E-state index in [0.29, 0.717) is 0 Å². The van der Waals surface area contributed by atoms with Gasteiger partial charge in [-0.3, -0.25) is 4.79 Å². The molecule has 2 heterocycles. The first-order valence-electron chi connectivity index (χ1n) is 7.75. The summed E-state index contributed by atoms with van der Waals surface area (Å²) in [4.78, 5) is 12.2. The van der Waals surface area contributed by atoms with Crippen molar-refractivity contribution >= 4 is 5.91 Å². The number of para-hydroxylation sites is 1. The zero-order valence-electron chi connectivity index (χ0n) is 12.7. The fourth-order valence-electron chi connectivity index (χ4n) is 2.65. The van der Waals surface area contributed by atoms with Gasteiger partial charge in [-0.05, 0) is 38.4 Å². The van der Waals surface area contributed by atoms with Crippen LogP contribution < -0.4 is 10.6 Å². The Labute approximate surface area is 129 Å². The van der Waals surface area contributed by atoms with E-state index in [1.54, 1.807) is 4.68 Å². The van der Waals surface area contributed by atoms with Gasteiger partial charge in [0.2, 0.25) is 5.91 Å². The van der Waals surface area contributed by atoms with Crippen molar-refractivity contribution in [3.8, 4) is 5.69 Å². The lowest BCUT2D eigenvalue weighted by molar-refractivity contribution is -0.124. The van der Waals surface area contributed by atoms with E-state index in [4.69, 9.17) is 0 Å². The summed E-state index contributed by atoms with van der Waals surface area (Å²) in [5.41, 5.74) is 1.71. The standard InChI is InChI=1S/C16H21N5O/c1-12(18-16(22)14-9-5-6-10-17-14)15-11-21(20-19-15)13-7-3-2-4-8-13/h2-4,7-8,11-12,14,17H,5-6,9-10H2,1H3,(H,18,22). The van der Waals surface area contributed by atoms with Crippen LogP contribution in [0.4, 0.5) is 0 Å². The summed E-state index contributed by atoms with van der Waals surface area (Å²) in [6.07, 6.45) is 5.00. The van der Waals surface area contributed by atoms with Crippen molar-refractivity contribution in [2.45, 2.75) is 38.3 Å². The van der Waals surface area contributed by atoms with E-state index >= 15 is 0 Å². The number of hydrogen-bond donors (Lipinski definition) is 2. The van der Waals surface area contributed by atoms with Crippen LogP contribution in [0.1, 0.15) is 37.9 Å². The first-order valence-corrected chi connectivity index (χ1v) is 7.75. The first kappa shape index (κ1) is 14.7. The number of nitrogens with zero attached hydrogens (tertiary/aromatic N) is 3. The molecule has 0 aliphatic carbocycles. The second kappa shape index (κ2) is 6.70. The van der Waals surface area contributed by atoms with Crippen molar-refractivity contribution in [3.63, 3.8) is 0 Å². The summed E-state index contributed by atoms with van der Waals surface area (Å²) in [5.74, 6) is 0.0430. The van der Waals surface area contributed by atoms with Crippen LogP contribution in [0, 0.1) is 0 Å². The van der Waals surface area contributed by atoms with Crippen LogP contribution in [0.25, 0.3) is 5.69 Å². The minimum atomic E-state index is -0.159. The molecule has 3 rings (SSSR count). The number of carbonyl (C=O) groups is 1. The van der Waals surface area contributed by atoms with Crippen LogP contribution in [-0.2, 0) is 4.79 Å². The van der Waals surface area contributed by atoms with Crippen molar-refractivity contribution in [1.82, 2.24) is 25.6 Å². The van der Waals surface area contributed by atoms with Gasteiger partial charge in [-0.25, -0.2) is 4.68 Å². The molecular formula is C16H21N5O. The van der Waals surface area contributed by atoms with Gasteiger partial charge in [-0.15, -0.1) is 5.10 Å². The summed E-state index contributed by atoms with van der Waals surface area (Å²) >= 11 is 0. The fraction of sp³-hybridized carbons (Fsp3) is 0.438. The Bertz CT molecular complexity index is 618. The minimum Gasteiger partial charge on any atom is -0.347 e. The van der Waals surface area contributed by atoms with E-state index in [9.17, 15) is 4.79 Å². The SMILES string of the molecule is CC(NC(=O)C1CCCCN1)c1cn(-c2ccccc2)nn1. The lowest BCUT2D eigenvalue weighted by Gasteiger charge is -2.23. The van der Waals surface area contributed by atoms with Crippen LogP contribution in [0.5, 0.6) is 0 Å². The third-order valence-electron chi connectivity index (χ3n) is 3.96. The molecule has 2 N–H and O–H groups in total. The highest BCUT2D eigenvalue weighted by Crippen LogP contribution is 2.13. The molecule has 1 aromatic heterocycles. The molecule has 2 unspecified atom stereocenters. The zero-order valence-corrected chi connectivity index (χ0v) is 12.7. The molecule has 1 fully saturated rings. The lowest BCUT2D eigenvalue weighted by Crippen LogP contribution is -2.47. The van der Waals surface area contributed by atoms with Gasteiger partial charge >= 0.3 is 0 Å². The molecule has 1 amide bonds. The van der Waals surface area contributed by atoms with Crippen molar-refractivity contribution in [2.24, 2.45) is 0 Å². The molecule has 22 heavy (non-hydrogen) atoms. The van der Waals surface area contributed by atoms with E-state index < -0.39 is 0 Å². The third-order valence-corrected chi connectivity index (χ3v) is 3.96. The Morgan fingerprint density at radius 2 is 2.18 bits per heavy atom. The molecular weight excluding hydrogens is 278 g/mol. The number of piperidine rings is 1. The Kier molecular flexibility index (Phi) is 4.48. The number of benzene rings is 1. The Morgan fingerprint density at radius 1 is 1.36 bits per heavy atom. The van der Waals surface area contributed by atoms with Crippen LogP contribution in [0.15, 0.2) is 36.5 Å². The molecule has 2 aromatic rings. The zero-order chi connectivity index (χ0) is 15.4. The Balaban J connectivity index is 1.64. The van der Waals surface area contributed by atoms with Crippen LogP contribution in [-0.4, -0.2) is 33.5 Å². The van der Waals surface area contributed by atoms with Crippen molar-refractivity contribution < 1.29 is 4.79 Å². The molecule has 1 aromatic carbocycles. The maximum absolute atomic E-state index is 12.2. The largest absolute Gasteiger partial charge is 0.347 e. The summed E-state index contributed by atoms with van der Waals surface area (Å²) in [6.45, 7) is 2.84. The topological polar surface area (TPSA) is 71.8 Å². The predicted octanol–water partition coefficient (Wildman–Crippen LogP) is 1.59. The number of rotatable bonds is 4. The van der Waals surface area contributed by atoms with Gasteiger partial charge in [-0.2, -0.15) is 0 Å². The molecule has 1 aliphatic rings. The number of hydrogen-bond acceptors (Lipinski definition) is 4. The summed E-state index contributed by atoms with van der Waals surface area (Å²) in [7, 11) is 0. The number of carbonyl (C=O) groups excluding carboxylic acids is 1. The van der Waals surface area contributed by atoms with Crippen molar-refractivity contribution in [1.29, 1.82) is 0 Å². The monoisotopic (exact) mass is 299 g/mol. The highest BCUT2D eigenvalue weighted by atomic mass is 16.2. The third kappa shape index (κ3) is 3.33. The molecule has 0 spiro atoms. The summed E-state index contributed by atoms with van der Waals surface area (Å²) in [6, 6.07) is 9.56. The lowest BCUT2D eigenvalue weighted by atomic mass is 10.0. The molecule has 116 valence electrons. The van der Waals surface area contributed by atoms with Gasteiger partial charge in [0, 0.05) is 0 Å². The maximum Gasteiger partial charge on any atom is 0.237 e. The van der Waals surface area contributed by atoms with Crippen LogP contribution >= 0.6 is 0 Å². The van der Waals surface area contributed by atoms with Gasteiger partial charge in [-0.1, -0.05) is 29.8 Å². The minimum absolute atomic E-state index is 0.0430. The number of amides is 1. The quantitative estimate of drug-likeness (QED) is 0.899. The number of aromatic nitrogens is 3. The maximum atomic E-state index is 12.2. The van der Waals surface area contributed by atoms with Gasteiger partial charge in [0.15, 0.2) is 0 Å². The second-order valence-electron chi connectivity index (χ2n) is 5.66. The molecule has 2 atom stereocenters. The predicted molar refractivity (Wildman–Crippen MR) is 83.6 cm³/mol. The van der Waals surface area contributed by atoms with Crippen LogP contribution in [0.2, 0.25) is 0 Å². The highest BCUT2D eigenvalue weighted by Gasteiger charge is 2.23. The van der Waals surface area contributed by atoms with E-state index in [0.717, 1.165) is 37.2 Å². The fourth-order valence-corrected chi connectivity index (χ4v) is 2.65. The number of nitrogens with one attached hydrogen (secondary N) is 2. The van der Waals surface area contributed by atoms with E-state index in [1.165, 1.54) is 0 Å². The molecule has 6 nitrogen and oxygen atoms in total. The first-order chi connectivity index (χ1) is 10.7. The highest BCUT2D eigenvalue weighted by molar-refractivity contribution is 5.82. The van der Waals surface area contributed by atoms with Gasteiger partial charge in [0.25, 0.3) is 0 Å². The smallest absolute Gasteiger partial charge is 0.237 e. The van der Waals surface area contributed by atoms with Crippen molar-refractivity contribution in [2.75, 3.05) is 6.54 Å². The average Bonchev–Trinajstić information content (AvgIpc) is 3.06. The van der Waals surface area contributed by atoms with Gasteiger partial charge in [0.1, 0.15) is 5.69 Å². The molecule has 1 aliphatic heterocycles. The summed E-state index contributed by atoms with van der Waals surface area (Å²) < 4.78 is 1.72. The summed E-state index contributed by atoms with van der Waals surface area (Å²) in [5, 5.41) is 14.6. The van der Waals surface area contributed by atoms with E-state index in [1.807, 2.05) is 43.5 Å². The average molecular weight is 299 g/mol. The molecule has 0 radical (unpaired) electrons. The molecule has 0 bridgehead atoms. The molecule has 1 saturated heterocycles. The van der Waals surface area contributed by atoms with E-state index in [2.05, 4.69) is 20.9 Å². The second-order valence-corrected chi connectivity index (χ2v) is 5.66. The van der Waals surface area contributed by atoms with Gasteiger partial charge < -0.3 is 10.6 Å². The normalized spacial score (nSPS) is 19.6. The van der Waals surface area contributed by atoms with Crippen LogP contribution in [0.3, 0.4) is 0 Å². The Morgan fingerprint density at radius 3 is 2.91 bits per heavy atom. The Hall–Kier alpha value is -2.21.